The van der Waals surface area contributed by atoms with E-state index in [4.69, 9.17) is 4.74 Å². The molecule has 0 aromatic heterocycles. The molecule has 3 N–H and O–H groups in total. The number of hydrogen-bond acceptors (Lipinski definition) is 4. The van der Waals surface area contributed by atoms with Crippen LogP contribution in [-0.2, 0) is 22.4 Å². The Morgan fingerprint density at radius 2 is 1.70 bits per heavy atom. The Kier molecular flexibility index (Phi) is 8.74. The lowest BCUT2D eigenvalue weighted by atomic mass is 9.78. The molecule has 1 saturated carbocycles. The predicted molar refractivity (Wildman–Crippen MR) is 132 cm³/mol. The van der Waals surface area contributed by atoms with Gasteiger partial charge in [0, 0.05) is 13.1 Å². The fourth-order valence-electron chi connectivity index (χ4n) is 5.53. The molecule has 2 aromatic carbocycles. The molecule has 0 spiro atoms. The van der Waals surface area contributed by atoms with Crippen molar-refractivity contribution in [3.05, 3.63) is 65.2 Å². The highest BCUT2D eigenvalue weighted by molar-refractivity contribution is 5.84. The summed E-state index contributed by atoms with van der Waals surface area (Å²) in [6.07, 6.45) is -0.745. The molecular weight excluding hydrogens is 485 g/mol. The number of aliphatic carboxylic acids is 1. The van der Waals surface area contributed by atoms with Gasteiger partial charge in [-0.05, 0) is 60.9 Å². The first kappa shape index (κ1) is 27.0. The zero-order valence-corrected chi connectivity index (χ0v) is 20.6. The maximum atomic E-state index is 13.2. The van der Waals surface area contributed by atoms with Crippen LogP contribution in [0.5, 0.6) is 5.75 Å². The number of halogens is 3. The van der Waals surface area contributed by atoms with Crippen LogP contribution < -0.4 is 15.4 Å². The number of hydrogen-bond donors (Lipinski definition) is 3. The average Bonchev–Trinajstić information content (AvgIpc) is 2.90. The van der Waals surface area contributed by atoms with Gasteiger partial charge in [0.25, 0.3) is 0 Å². The number of ether oxygens (including phenoxy) is 1. The minimum Gasteiger partial charge on any atom is -0.488 e. The third-order valence-corrected chi connectivity index (χ3v) is 7.56. The Balaban J connectivity index is 1.36. The van der Waals surface area contributed by atoms with Crippen molar-refractivity contribution < 1.29 is 32.6 Å². The van der Waals surface area contributed by atoms with Crippen LogP contribution in [0.1, 0.15) is 54.7 Å². The quantitative estimate of drug-likeness (QED) is 0.459. The molecule has 1 aliphatic heterocycles. The van der Waals surface area contributed by atoms with Gasteiger partial charge in [-0.1, -0.05) is 49.2 Å². The van der Waals surface area contributed by atoms with E-state index < -0.39 is 29.5 Å². The summed E-state index contributed by atoms with van der Waals surface area (Å²) in [6.45, 7) is 2.05. The van der Waals surface area contributed by atoms with Crippen molar-refractivity contribution in [1.82, 2.24) is 10.6 Å². The average molecular weight is 519 g/mol. The van der Waals surface area contributed by atoms with Crippen LogP contribution in [0.4, 0.5) is 13.2 Å². The van der Waals surface area contributed by atoms with Gasteiger partial charge >= 0.3 is 12.1 Å². The second-order valence-electron chi connectivity index (χ2n) is 9.96. The Morgan fingerprint density at radius 1 is 1.00 bits per heavy atom. The van der Waals surface area contributed by atoms with E-state index in [2.05, 4.69) is 10.6 Å². The number of carbonyl (C=O) groups excluding carboxylic acids is 1. The number of piperidine rings is 1. The van der Waals surface area contributed by atoms with Crippen LogP contribution in [-0.4, -0.2) is 36.6 Å². The molecular formula is C28H33F3N2O4. The van der Waals surface area contributed by atoms with Crippen LogP contribution in [0.3, 0.4) is 0 Å². The van der Waals surface area contributed by atoms with Crippen molar-refractivity contribution in [3.8, 4) is 5.75 Å². The molecule has 2 aromatic rings. The van der Waals surface area contributed by atoms with Crippen molar-refractivity contribution in [3.63, 3.8) is 0 Å². The zero-order valence-electron chi connectivity index (χ0n) is 20.6. The number of rotatable bonds is 8. The van der Waals surface area contributed by atoms with Crippen molar-refractivity contribution in [2.45, 2.75) is 50.8 Å². The molecule has 9 heteroatoms. The first-order valence-corrected chi connectivity index (χ1v) is 12.8. The van der Waals surface area contributed by atoms with Gasteiger partial charge in [-0.2, -0.15) is 13.2 Å². The molecule has 2 fully saturated rings. The summed E-state index contributed by atoms with van der Waals surface area (Å²) in [5, 5.41) is 15.9. The van der Waals surface area contributed by atoms with E-state index in [1.165, 1.54) is 18.2 Å². The maximum absolute atomic E-state index is 13.2. The van der Waals surface area contributed by atoms with Gasteiger partial charge in [-0.25, -0.2) is 0 Å². The summed E-state index contributed by atoms with van der Waals surface area (Å²) in [5.41, 5.74) is 1.06. The highest BCUT2D eigenvalue weighted by Gasteiger charge is 2.36. The summed E-state index contributed by atoms with van der Waals surface area (Å²) in [7, 11) is 0. The third kappa shape index (κ3) is 6.83. The fourth-order valence-corrected chi connectivity index (χ4v) is 5.53. The Labute approximate surface area is 214 Å². The maximum Gasteiger partial charge on any atom is 0.419 e. The van der Waals surface area contributed by atoms with Crippen molar-refractivity contribution in [1.29, 1.82) is 0 Å². The standard InChI is InChI=1S/C28H33F3N2O4/c29-28(30,31)24-7-3-4-8-25(24)37-17-18-9-11-19(12-10-18)21-13-14-32-15-20(21)16-33-26(34)22-5-1-2-6-23(22)27(35)36/h3-4,7-12,20-23,32H,1-2,5-6,13-17H2,(H,33,34)(H,35,36). The molecule has 4 unspecified atom stereocenters. The van der Waals surface area contributed by atoms with E-state index in [1.54, 1.807) is 0 Å². The molecule has 0 radical (unpaired) electrons. The van der Waals surface area contributed by atoms with E-state index in [1.807, 2.05) is 24.3 Å². The highest BCUT2D eigenvalue weighted by atomic mass is 19.4. The summed E-state index contributed by atoms with van der Waals surface area (Å²) >= 11 is 0. The number of carboxylic acid groups (broad SMARTS) is 1. The van der Waals surface area contributed by atoms with Gasteiger partial charge in [-0.3, -0.25) is 9.59 Å². The van der Waals surface area contributed by atoms with Gasteiger partial charge in [0.15, 0.2) is 0 Å². The van der Waals surface area contributed by atoms with E-state index >= 15 is 0 Å². The molecule has 4 atom stereocenters. The summed E-state index contributed by atoms with van der Waals surface area (Å²) in [4.78, 5) is 24.4. The first-order chi connectivity index (χ1) is 17.7. The molecule has 1 amide bonds. The summed E-state index contributed by atoms with van der Waals surface area (Å²) < 4.78 is 45.1. The third-order valence-electron chi connectivity index (χ3n) is 7.56. The van der Waals surface area contributed by atoms with Gasteiger partial charge in [0.05, 0.1) is 17.4 Å². The molecule has 200 valence electrons. The second-order valence-corrected chi connectivity index (χ2v) is 9.96. The lowest BCUT2D eigenvalue weighted by molar-refractivity contribution is -0.149. The first-order valence-electron chi connectivity index (χ1n) is 12.8. The minimum absolute atomic E-state index is 0.0191. The van der Waals surface area contributed by atoms with Gasteiger partial charge in [-0.15, -0.1) is 0 Å². The van der Waals surface area contributed by atoms with Gasteiger partial charge < -0.3 is 20.5 Å². The number of para-hydroxylation sites is 1. The van der Waals surface area contributed by atoms with Gasteiger partial charge in [0.1, 0.15) is 12.4 Å². The van der Waals surface area contributed by atoms with Crippen LogP contribution in [0.2, 0.25) is 0 Å². The molecule has 4 rings (SSSR count). The number of alkyl halides is 3. The highest BCUT2D eigenvalue weighted by Crippen LogP contribution is 2.36. The monoisotopic (exact) mass is 518 g/mol. The van der Waals surface area contributed by atoms with E-state index in [9.17, 15) is 27.9 Å². The Bertz CT molecular complexity index is 1070. The number of carbonyl (C=O) groups is 2. The van der Waals surface area contributed by atoms with Crippen LogP contribution >= 0.6 is 0 Å². The minimum atomic E-state index is -4.48. The zero-order chi connectivity index (χ0) is 26.4. The van der Waals surface area contributed by atoms with Gasteiger partial charge in [0.2, 0.25) is 5.91 Å². The lowest BCUT2D eigenvalue weighted by Crippen LogP contribution is -2.45. The molecule has 37 heavy (non-hydrogen) atoms. The normalized spacial score (nSPS) is 24.3. The molecule has 1 aliphatic carbocycles. The predicted octanol–water partition coefficient (Wildman–Crippen LogP) is 4.98. The van der Waals surface area contributed by atoms with E-state index in [0.717, 1.165) is 49.5 Å². The number of nitrogens with one attached hydrogen (secondary N) is 2. The summed E-state index contributed by atoms with van der Waals surface area (Å²) in [6, 6.07) is 12.8. The number of carboxylic acids is 1. The molecule has 0 bridgehead atoms. The largest absolute Gasteiger partial charge is 0.488 e. The van der Waals surface area contributed by atoms with Crippen molar-refractivity contribution in [2.24, 2.45) is 17.8 Å². The van der Waals surface area contributed by atoms with Crippen molar-refractivity contribution >= 4 is 11.9 Å². The molecule has 6 nitrogen and oxygen atoms in total. The lowest BCUT2D eigenvalue weighted by Gasteiger charge is -2.34. The second kappa shape index (κ2) is 12.0. The van der Waals surface area contributed by atoms with E-state index in [-0.39, 0.29) is 30.1 Å². The Hall–Kier alpha value is -3.07. The molecule has 1 saturated heterocycles. The number of benzene rings is 2. The van der Waals surface area contributed by atoms with E-state index in [0.29, 0.717) is 19.4 Å². The Morgan fingerprint density at radius 3 is 2.41 bits per heavy atom. The topological polar surface area (TPSA) is 87.7 Å². The van der Waals surface area contributed by atoms with Crippen LogP contribution in [0.25, 0.3) is 0 Å². The van der Waals surface area contributed by atoms with Crippen LogP contribution in [0.15, 0.2) is 48.5 Å². The SMILES string of the molecule is O=C(O)C1CCCCC1C(=O)NCC1CNCCC1c1ccc(COc2ccccc2C(F)(F)F)cc1. The van der Waals surface area contributed by atoms with Crippen molar-refractivity contribution in [2.75, 3.05) is 19.6 Å². The smallest absolute Gasteiger partial charge is 0.419 e. The summed E-state index contributed by atoms with van der Waals surface area (Å²) in [5.74, 6) is -2.04. The fraction of sp³-hybridized carbons (Fsp3) is 0.500. The van der Waals surface area contributed by atoms with Crippen LogP contribution in [0, 0.1) is 17.8 Å². The number of amides is 1. The molecule has 1 heterocycles. The molecule has 2 aliphatic rings.